The molecule has 0 aliphatic carbocycles. The number of aromatic nitrogens is 1. The molecule has 0 spiro atoms. The Morgan fingerprint density at radius 2 is 1.16 bits per heavy atom. The van der Waals surface area contributed by atoms with E-state index in [0.717, 1.165) is 32.6 Å². The molecule has 2 rings (SSSR count). The van der Waals surface area contributed by atoms with Crippen LogP contribution in [0.1, 0.15) is 231 Å². The number of unbranched alkanes of at least 4 members (excludes halogenated alkanes) is 4. The van der Waals surface area contributed by atoms with Gasteiger partial charge in [0.25, 0.3) is 0 Å². The van der Waals surface area contributed by atoms with Gasteiger partial charge in [0.2, 0.25) is 11.4 Å². The molecule has 0 saturated carbocycles. The molecule has 718 valence electrons. The summed E-state index contributed by atoms with van der Waals surface area (Å²) in [7, 11) is 13.8. The Balaban J connectivity index is 0.0000256. The molecular formula is C86H148N5O26P3S5. The van der Waals surface area contributed by atoms with Crippen molar-refractivity contribution in [2.45, 2.75) is 283 Å². The van der Waals surface area contributed by atoms with Crippen LogP contribution in [0.2, 0.25) is 0 Å². The number of pyridine rings is 1. The fourth-order valence-electron chi connectivity index (χ4n) is 14.4. The molecule has 125 heavy (non-hydrogen) atoms. The Morgan fingerprint density at radius 3 is 1.74 bits per heavy atom. The summed E-state index contributed by atoms with van der Waals surface area (Å²) in [6, 6.07) is 4.42. The highest BCUT2D eigenvalue weighted by molar-refractivity contribution is 8.76. The molecule has 1 aliphatic rings. The molecule has 31 nitrogen and oxygen atoms in total. The third-order valence-electron chi connectivity index (χ3n) is 20.8. The summed E-state index contributed by atoms with van der Waals surface area (Å²) < 4.78 is 68.8. The lowest BCUT2D eigenvalue weighted by Crippen LogP contribution is -2.64. The highest BCUT2D eigenvalue weighted by atomic mass is 33.1. The van der Waals surface area contributed by atoms with Gasteiger partial charge in [-0.1, -0.05) is 95.3 Å². The molecule has 1 fully saturated rings. The number of ketones is 2. The number of hydrogen-bond donors (Lipinski definition) is 6. The lowest BCUT2D eigenvalue weighted by Gasteiger charge is -2.44. The number of alkyl carbamates (subject to hydrolysis) is 1. The lowest BCUT2D eigenvalue weighted by atomic mass is 9.59. The number of thioether (sulfide) groups is 2. The van der Waals surface area contributed by atoms with Gasteiger partial charge < -0.3 is 97.6 Å². The van der Waals surface area contributed by atoms with Crippen molar-refractivity contribution in [2.75, 3.05) is 138 Å². The van der Waals surface area contributed by atoms with Gasteiger partial charge in [-0.05, 0) is 175 Å². The number of thiocarbonyl (C=S) groups is 1. The zero-order valence-electron chi connectivity index (χ0n) is 76.8. The van der Waals surface area contributed by atoms with Crippen molar-refractivity contribution in [2.24, 2.45) is 27.1 Å². The summed E-state index contributed by atoms with van der Waals surface area (Å²) in [5, 5.41) is 47.2. The normalized spacial score (nSPS) is 18.6. The van der Waals surface area contributed by atoms with Gasteiger partial charge >= 0.3 is 41.9 Å². The highest BCUT2D eigenvalue weighted by Gasteiger charge is 2.58. The van der Waals surface area contributed by atoms with Gasteiger partial charge in [0, 0.05) is 97.7 Å². The molecule has 0 radical (unpaired) electrons. The molecule has 1 saturated heterocycles. The summed E-state index contributed by atoms with van der Waals surface area (Å²) in [6.07, 6.45) is -0.475. The van der Waals surface area contributed by atoms with Gasteiger partial charge in [-0.15, -0.1) is 29.6 Å². The summed E-state index contributed by atoms with van der Waals surface area (Å²) in [4.78, 5) is 152. The monoisotopic (exact) mass is 1920 g/mol. The van der Waals surface area contributed by atoms with Crippen LogP contribution in [-0.2, 0) is 100.0 Å². The van der Waals surface area contributed by atoms with Crippen molar-refractivity contribution in [3.63, 3.8) is 0 Å². The van der Waals surface area contributed by atoms with Crippen LogP contribution < -0.4 is 10.6 Å². The topological polar surface area (TPSA) is 407 Å². The minimum Gasteiger partial charge on any atom is -0.480 e. The number of carbonyl (C=O) groups excluding carboxylic acids is 9. The minimum atomic E-state index is -1.96. The second kappa shape index (κ2) is 63.9. The molecule has 1 aromatic heterocycles. The maximum Gasteiger partial charge on any atom is 0.407 e. The number of aliphatic carboxylic acids is 1. The van der Waals surface area contributed by atoms with E-state index in [0.29, 0.717) is 65.8 Å². The molecule has 2 heterocycles. The Bertz CT molecular complexity index is 3420. The number of carboxylic acid groups (broad SMARTS) is 1. The number of nitrogens with one attached hydrogen (secondary N) is 2. The molecule has 1 aromatic rings. The number of nitrogens with zero attached hydrogens (tertiary/aromatic N) is 3. The first-order valence-electron chi connectivity index (χ1n) is 43.0. The average molecular weight is 1920 g/mol. The maximum atomic E-state index is 15.7. The smallest absolute Gasteiger partial charge is 0.407 e. The van der Waals surface area contributed by atoms with Crippen molar-refractivity contribution < 1.29 is 125 Å². The van der Waals surface area contributed by atoms with Gasteiger partial charge in [0.05, 0.1) is 79.9 Å². The van der Waals surface area contributed by atoms with E-state index in [1.54, 1.807) is 81.7 Å². The number of methoxy groups -OCH3 is 1. The van der Waals surface area contributed by atoms with Crippen LogP contribution in [0.15, 0.2) is 29.4 Å². The van der Waals surface area contributed by atoms with E-state index in [2.05, 4.69) is 38.3 Å². The number of rotatable bonds is 67. The van der Waals surface area contributed by atoms with E-state index in [-0.39, 0.29) is 174 Å². The van der Waals surface area contributed by atoms with Gasteiger partial charge in [-0.3, -0.25) is 43.2 Å². The van der Waals surface area contributed by atoms with E-state index in [1.165, 1.54) is 54.3 Å². The number of carboxylic acids is 1. The van der Waals surface area contributed by atoms with Crippen LogP contribution in [0.3, 0.4) is 0 Å². The van der Waals surface area contributed by atoms with Crippen molar-refractivity contribution in [1.29, 1.82) is 0 Å². The molecule has 0 bridgehead atoms. The number of aliphatic hydroxyl groups is 3. The number of esters is 5. The number of carbonyl (C=O) groups is 10. The van der Waals surface area contributed by atoms with Gasteiger partial charge in [0.15, 0.2) is 6.29 Å². The first kappa shape index (κ1) is 119. The Labute approximate surface area is 770 Å². The number of ether oxygens (including phenoxy) is 12. The van der Waals surface area contributed by atoms with Crippen LogP contribution >= 0.6 is 83.1 Å². The van der Waals surface area contributed by atoms with E-state index < -0.39 is 147 Å². The van der Waals surface area contributed by atoms with Gasteiger partial charge in [-0.25, -0.2) is 16.4 Å². The lowest BCUT2D eigenvalue weighted by molar-refractivity contribution is -0.270. The summed E-state index contributed by atoms with van der Waals surface area (Å²) >= 11 is 8.13. The van der Waals surface area contributed by atoms with E-state index in [4.69, 9.17) is 75.6 Å². The maximum absolute atomic E-state index is 15.7. The van der Waals surface area contributed by atoms with E-state index >= 15 is 19.2 Å². The fraction of sp³-hybridized carbons (Fsp3) is 0.802. The minimum absolute atomic E-state index is 0.0182. The molecule has 2 amide bonds. The van der Waals surface area contributed by atoms with Crippen LogP contribution in [-0.4, -0.2) is 278 Å². The standard InChI is InChI=1S/C86H143N5O26S5.H5P3/c1-18-21-44-111-72(100)80(8,38-39-86(34-19-2,71(98)99)121-78(118)119-20-3)36-37-81(9,73(101)112-48-42-91(15)16)58-82(10,74(102)113-53-49-106-17)59-83(11,75(103)114-54-52-109-47-41-89-77(105)117-79(5,6)7)60-84(12,76(104)115-55-56-120-122-66-31-25-26-40-88-66)61-85(13,87-14)35-32-63(94)30-28-43-107-50-51-108-46-33-64(95)29-24-22-23-27-45-110-70-67(90-62(4)93)69(97)68(96)65(57-92)116-70;1-3-2/h25-26,31,40,65,67-70,92,96-97H,18-24,27-30,32-39,41-61H2,1-13,15-17H3,(H,89,105)(H,90,93)(H,98,99);3H,1-2H2/t65-,67-,68+,69-,70-,80?,81?,82?,83?,84?,85?,86?;/m1./s1. The summed E-state index contributed by atoms with van der Waals surface area (Å²) in [5.74, 6) is -4.81. The quantitative estimate of drug-likeness (QED) is 0.00671. The van der Waals surface area contributed by atoms with Crippen molar-refractivity contribution >= 4 is 146 Å². The predicted molar refractivity (Wildman–Crippen MR) is 501 cm³/mol. The van der Waals surface area contributed by atoms with E-state index in [9.17, 15) is 49.2 Å². The molecule has 39 heteroatoms. The first-order valence-corrected chi connectivity index (χ1v) is 52.2. The predicted octanol–water partition coefficient (Wildman–Crippen LogP) is 13.6. The average Bonchev–Trinajstić information content (AvgIpc) is 0.758. The third kappa shape index (κ3) is 48.2. The fourth-order valence-corrected chi connectivity index (χ4v) is 19.2. The van der Waals surface area contributed by atoms with Crippen LogP contribution in [0.5, 0.6) is 0 Å². The molecular weight excluding hydrogens is 1770 g/mol. The SMILES string of the molecule is PPP.[C-]#[N+]C(C)(CCC(=O)CCCOCCOCCC(=O)CCCCCCO[C@@H]1O[C@H](CO)[C@H](O)[C@H](O)[C@H]1NC(C)=O)CC(C)(CC(C)(CC(C)(CC(C)(CCC(C)(CCC(CCC)(SC(=S)SCC)C(=O)O)C(=O)OCCCC)C(=O)OCCN(C)C)C(=O)OCCOC)C(=O)OCCOCCNC(=O)OC(C)(C)C)C(=O)OCCSSc1ccccn1. The number of aliphatic hydroxyl groups excluding tert-OH is 3. The molecule has 14 atom stereocenters. The van der Waals surface area contributed by atoms with Crippen molar-refractivity contribution in [1.82, 2.24) is 20.5 Å². The molecule has 1 aliphatic heterocycles. The largest absolute Gasteiger partial charge is 0.480 e. The summed E-state index contributed by atoms with van der Waals surface area (Å²) in [6.45, 7) is 30.2. The van der Waals surface area contributed by atoms with Crippen molar-refractivity contribution in [3.05, 3.63) is 35.8 Å². The van der Waals surface area contributed by atoms with Gasteiger partial charge in [0.1, 0.15) is 81.3 Å². The zero-order chi connectivity index (χ0) is 94.4. The zero-order valence-corrected chi connectivity index (χ0v) is 84.2. The molecule has 6 N–H and O–H groups in total. The molecule has 9 unspecified atom stereocenters. The Kier molecular flexibility index (Phi) is 60.8. The van der Waals surface area contributed by atoms with Crippen LogP contribution in [0.4, 0.5) is 4.79 Å². The van der Waals surface area contributed by atoms with Crippen molar-refractivity contribution in [3.8, 4) is 0 Å². The summed E-state index contributed by atoms with van der Waals surface area (Å²) in [5.41, 5.74) is -11.1. The number of amides is 2. The van der Waals surface area contributed by atoms with Crippen LogP contribution in [0.25, 0.3) is 4.85 Å². The Hall–Kier alpha value is -4.08. The second-order valence-electron chi connectivity index (χ2n) is 34.2. The second-order valence-corrected chi connectivity index (χ2v) is 44.8. The number of hydrogen-bond acceptors (Lipinski definition) is 32. The third-order valence-corrected chi connectivity index (χ3v) is 25.9. The van der Waals surface area contributed by atoms with Gasteiger partial charge in [-0.2, -0.15) is 0 Å². The number of likely N-dealkylation sites (N-methyl/N-ethyl adjacent to an activating group) is 1. The highest BCUT2D eigenvalue weighted by Crippen LogP contribution is 2.54. The number of Topliss-reactive ketones (excluding diaryl/α,β-unsaturated/α-hetero) is 2. The first-order chi connectivity index (χ1) is 58.9. The molecule has 0 aromatic carbocycles. The Morgan fingerprint density at radius 1 is 0.616 bits per heavy atom. The van der Waals surface area contributed by atoms with E-state index in [1.807, 2.05) is 37.8 Å². The van der Waals surface area contributed by atoms with Crippen LogP contribution in [0, 0.1) is 33.6 Å².